The van der Waals surface area contributed by atoms with Crippen LogP contribution >= 0.6 is 0 Å². The van der Waals surface area contributed by atoms with Crippen LogP contribution in [0.2, 0.25) is 0 Å². The summed E-state index contributed by atoms with van der Waals surface area (Å²) in [7, 11) is 0. The van der Waals surface area contributed by atoms with Gasteiger partial charge in [-0.05, 0) is 13.0 Å². The van der Waals surface area contributed by atoms with Crippen molar-refractivity contribution in [2.75, 3.05) is 13.2 Å². The summed E-state index contributed by atoms with van der Waals surface area (Å²) >= 11 is 0. The first-order valence-electron chi connectivity index (χ1n) is 6.41. The fourth-order valence-electron chi connectivity index (χ4n) is 2.18. The van der Waals surface area contributed by atoms with Gasteiger partial charge in [-0.1, -0.05) is 24.1 Å². The van der Waals surface area contributed by atoms with Crippen LogP contribution < -0.4 is 15.4 Å². The van der Waals surface area contributed by atoms with E-state index in [-0.39, 0.29) is 24.5 Å². The molecule has 1 aliphatic heterocycles. The minimum absolute atomic E-state index is 0.0816. The van der Waals surface area contributed by atoms with Crippen LogP contribution in [0.3, 0.4) is 0 Å². The van der Waals surface area contributed by atoms with Gasteiger partial charge in [-0.25, -0.2) is 0 Å². The normalized spacial score (nSPS) is 18.6. The van der Waals surface area contributed by atoms with E-state index in [9.17, 15) is 4.79 Å². The molecule has 0 aliphatic carbocycles. The summed E-state index contributed by atoms with van der Waals surface area (Å²) in [6, 6.07) is 7.75. The molecular formula is C15H18N2O2. The molecule has 1 heterocycles. The summed E-state index contributed by atoms with van der Waals surface area (Å²) in [6.45, 7) is 2.76. The van der Waals surface area contributed by atoms with E-state index in [4.69, 9.17) is 11.2 Å². The summed E-state index contributed by atoms with van der Waals surface area (Å²) in [4.78, 5) is 11.8. The highest BCUT2D eigenvalue weighted by atomic mass is 16.5. The molecule has 2 rings (SSSR count). The van der Waals surface area contributed by atoms with E-state index in [1.54, 1.807) is 0 Å². The third-order valence-electron chi connectivity index (χ3n) is 3.17. The molecule has 1 aromatic carbocycles. The SMILES string of the molecule is C#CCNC(=O)C(C)NC1CCOc2ccccc21. The van der Waals surface area contributed by atoms with E-state index in [2.05, 4.69) is 16.6 Å². The van der Waals surface area contributed by atoms with Gasteiger partial charge in [0, 0.05) is 18.0 Å². The molecule has 0 saturated carbocycles. The Morgan fingerprint density at radius 2 is 2.37 bits per heavy atom. The molecule has 2 atom stereocenters. The Kier molecular flexibility index (Phi) is 4.43. The Balaban J connectivity index is 2.01. The number of carbonyl (C=O) groups excluding carboxylic acids is 1. The van der Waals surface area contributed by atoms with Crippen molar-refractivity contribution in [3.63, 3.8) is 0 Å². The smallest absolute Gasteiger partial charge is 0.237 e. The van der Waals surface area contributed by atoms with Crippen molar-refractivity contribution in [1.82, 2.24) is 10.6 Å². The van der Waals surface area contributed by atoms with E-state index < -0.39 is 0 Å². The maximum Gasteiger partial charge on any atom is 0.237 e. The highest BCUT2D eigenvalue weighted by Crippen LogP contribution is 2.31. The summed E-state index contributed by atoms with van der Waals surface area (Å²) < 4.78 is 5.59. The molecule has 0 bridgehead atoms. The highest BCUT2D eigenvalue weighted by Gasteiger charge is 2.24. The van der Waals surface area contributed by atoms with Crippen molar-refractivity contribution >= 4 is 5.91 Å². The van der Waals surface area contributed by atoms with Gasteiger partial charge in [-0.15, -0.1) is 6.42 Å². The molecule has 100 valence electrons. The molecule has 2 N–H and O–H groups in total. The molecule has 2 unspecified atom stereocenters. The lowest BCUT2D eigenvalue weighted by atomic mass is 10.00. The molecule has 0 radical (unpaired) electrons. The number of benzene rings is 1. The summed E-state index contributed by atoms with van der Waals surface area (Å²) in [6.07, 6.45) is 5.97. The molecule has 0 fully saturated rings. The highest BCUT2D eigenvalue weighted by molar-refractivity contribution is 5.81. The maximum atomic E-state index is 11.8. The van der Waals surface area contributed by atoms with Gasteiger partial charge in [-0.2, -0.15) is 0 Å². The Labute approximate surface area is 113 Å². The number of terminal acetylenes is 1. The number of hydrogen-bond donors (Lipinski definition) is 2. The first-order valence-corrected chi connectivity index (χ1v) is 6.41. The third kappa shape index (κ3) is 3.27. The van der Waals surface area contributed by atoms with Crippen molar-refractivity contribution in [1.29, 1.82) is 0 Å². The molecule has 0 saturated heterocycles. The molecule has 1 aromatic rings. The van der Waals surface area contributed by atoms with Crippen LogP contribution in [0.4, 0.5) is 0 Å². The standard InChI is InChI=1S/C15H18N2O2/c1-3-9-16-15(18)11(2)17-13-8-10-19-14-7-5-4-6-12(13)14/h1,4-7,11,13,17H,8-10H2,2H3,(H,16,18). The van der Waals surface area contributed by atoms with Gasteiger partial charge in [-0.3, -0.25) is 10.1 Å². The number of nitrogens with one attached hydrogen (secondary N) is 2. The third-order valence-corrected chi connectivity index (χ3v) is 3.17. The van der Waals surface area contributed by atoms with E-state index in [0.29, 0.717) is 6.61 Å². The van der Waals surface area contributed by atoms with Crippen molar-refractivity contribution in [3.05, 3.63) is 29.8 Å². The largest absolute Gasteiger partial charge is 0.493 e. The summed E-state index contributed by atoms with van der Waals surface area (Å²) in [5, 5.41) is 6.00. The van der Waals surface area contributed by atoms with Gasteiger partial charge in [0.2, 0.25) is 5.91 Å². The lowest BCUT2D eigenvalue weighted by molar-refractivity contribution is -0.122. The minimum atomic E-state index is -0.287. The predicted molar refractivity (Wildman–Crippen MR) is 73.7 cm³/mol. The monoisotopic (exact) mass is 258 g/mol. The Morgan fingerprint density at radius 1 is 1.58 bits per heavy atom. The topological polar surface area (TPSA) is 50.4 Å². The average molecular weight is 258 g/mol. The van der Waals surface area contributed by atoms with Gasteiger partial charge >= 0.3 is 0 Å². The van der Waals surface area contributed by atoms with Gasteiger partial charge in [0.1, 0.15) is 5.75 Å². The first kappa shape index (κ1) is 13.4. The second-order valence-corrected chi connectivity index (χ2v) is 4.54. The zero-order chi connectivity index (χ0) is 13.7. The Hall–Kier alpha value is -1.99. The zero-order valence-electron chi connectivity index (χ0n) is 11.0. The molecule has 1 amide bonds. The van der Waals surface area contributed by atoms with Gasteiger partial charge in [0.25, 0.3) is 0 Å². The number of para-hydroxylation sites is 1. The minimum Gasteiger partial charge on any atom is -0.493 e. The second-order valence-electron chi connectivity index (χ2n) is 4.54. The second kappa shape index (κ2) is 6.26. The van der Waals surface area contributed by atoms with E-state index in [0.717, 1.165) is 17.7 Å². The van der Waals surface area contributed by atoms with E-state index >= 15 is 0 Å². The van der Waals surface area contributed by atoms with Crippen molar-refractivity contribution in [2.24, 2.45) is 0 Å². The van der Waals surface area contributed by atoms with Crippen molar-refractivity contribution in [2.45, 2.75) is 25.4 Å². The fraction of sp³-hybridized carbons (Fsp3) is 0.400. The fourth-order valence-corrected chi connectivity index (χ4v) is 2.18. The Morgan fingerprint density at radius 3 is 3.16 bits per heavy atom. The van der Waals surface area contributed by atoms with Crippen molar-refractivity contribution in [3.8, 4) is 18.1 Å². The average Bonchev–Trinajstić information content (AvgIpc) is 2.45. The number of ether oxygens (including phenoxy) is 1. The molecular weight excluding hydrogens is 240 g/mol. The molecule has 1 aliphatic rings. The predicted octanol–water partition coefficient (Wildman–Crippen LogP) is 1.24. The van der Waals surface area contributed by atoms with Gasteiger partial charge in [0.15, 0.2) is 0 Å². The molecule has 0 aromatic heterocycles. The zero-order valence-corrected chi connectivity index (χ0v) is 11.0. The number of hydrogen-bond acceptors (Lipinski definition) is 3. The number of amides is 1. The number of fused-ring (bicyclic) bond motifs is 1. The van der Waals surface area contributed by atoms with Crippen LogP contribution in [0.5, 0.6) is 5.75 Å². The summed E-state index contributed by atoms with van der Waals surface area (Å²) in [5.74, 6) is 3.20. The van der Waals surface area contributed by atoms with Crippen LogP contribution in [-0.2, 0) is 4.79 Å². The van der Waals surface area contributed by atoms with Crippen LogP contribution in [-0.4, -0.2) is 25.1 Å². The first-order chi connectivity index (χ1) is 9.22. The van der Waals surface area contributed by atoms with Crippen LogP contribution in [0.15, 0.2) is 24.3 Å². The maximum absolute atomic E-state index is 11.8. The van der Waals surface area contributed by atoms with Crippen LogP contribution in [0.1, 0.15) is 24.9 Å². The summed E-state index contributed by atoms with van der Waals surface area (Å²) in [5.41, 5.74) is 1.10. The number of carbonyl (C=O) groups is 1. The lowest BCUT2D eigenvalue weighted by Gasteiger charge is -2.28. The van der Waals surface area contributed by atoms with E-state index in [1.807, 2.05) is 31.2 Å². The van der Waals surface area contributed by atoms with Crippen LogP contribution in [0, 0.1) is 12.3 Å². The van der Waals surface area contributed by atoms with E-state index in [1.165, 1.54) is 0 Å². The molecule has 0 spiro atoms. The number of rotatable bonds is 4. The van der Waals surface area contributed by atoms with Gasteiger partial charge < -0.3 is 10.1 Å². The lowest BCUT2D eigenvalue weighted by Crippen LogP contribution is -2.44. The Bertz CT molecular complexity index is 493. The molecule has 19 heavy (non-hydrogen) atoms. The molecule has 4 nitrogen and oxygen atoms in total. The van der Waals surface area contributed by atoms with Crippen LogP contribution in [0.25, 0.3) is 0 Å². The van der Waals surface area contributed by atoms with Crippen molar-refractivity contribution < 1.29 is 9.53 Å². The quantitative estimate of drug-likeness (QED) is 0.799. The molecule has 4 heteroatoms. The van der Waals surface area contributed by atoms with Gasteiger partial charge in [0.05, 0.1) is 19.2 Å².